The monoisotopic (exact) mass is 492 g/mol. The van der Waals surface area contributed by atoms with Crippen LogP contribution in [0.4, 0.5) is 4.39 Å². The standard InChI is InChI=1S/C27H29FN4O4/c1-17(26(35)36)13-21(25(34)32-27(2,3)14-18-9-11-20(28)12-10-18)31-24(33)23-16-29-22(15-30-23)19-7-5-4-6-8-19/h4-12,15-17,21H,13-14H2,1-3H3,(H,31,33)(H,32,34)(H,35,36)/t17-,21-/m0/s1. The number of rotatable bonds is 10. The molecule has 9 heteroatoms. The molecule has 0 spiro atoms. The molecule has 0 aliphatic heterocycles. The molecule has 0 saturated heterocycles. The molecule has 0 unspecified atom stereocenters. The highest BCUT2D eigenvalue weighted by Gasteiger charge is 2.30. The van der Waals surface area contributed by atoms with Crippen molar-refractivity contribution < 1.29 is 23.9 Å². The van der Waals surface area contributed by atoms with Crippen molar-refractivity contribution in [1.82, 2.24) is 20.6 Å². The zero-order valence-corrected chi connectivity index (χ0v) is 20.4. The van der Waals surface area contributed by atoms with E-state index in [4.69, 9.17) is 0 Å². The summed E-state index contributed by atoms with van der Waals surface area (Å²) in [7, 11) is 0. The van der Waals surface area contributed by atoms with Crippen LogP contribution in [0, 0.1) is 11.7 Å². The number of nitrogens with one attached hydrogen (secondary N) is 2. The lowest BCUT2D eigenvalue weighted by Crippen LogP contribution is -2.54. The predicted octanol–water partition coefficient (Wildman–Crippen LogP) is 3.63. The molecule has 0 radical (unpaired) electrons. The predicted molar refractivity (Wildman–Crippen MR) is 132 cm³/mol. The molecule has 1 aromatic heterocycles. The fraction of sp³-hybridized carbons (Fsp3) is 0.296. The SMILES string of the molecule is C[C@@H](C[C@H](NC(=O)c1cnc(-c2ccccc2)cn1)C(=O)NC(C)(C)Cc1ccc(F)cc1)C(=O)O. The van der Waals surface area contributed by atoms with E-state index in [0.29, 0.717) is 12.1 Å². The lowest BCUT2D eigenvalue weighted by atomic mass is 9.93. The Bertz CT molecular complexity index is 1200. The van der Waals surface area contributed by atoms with Gasteiger partial charge in [0.05, 0.1) is 24.0 Å². The van der Waals surface area contributed by atoms with Crippen molar-refractivity contribution in [2.24, 2.45) is 5.92 Å². The maximum absolute atomic E-state index is 13.2. The number of carbonyl (C=O) groups is 3. The van der Waals surface area contributed by atoms with E-state index in [1.165, 1.54) is 31.5 Å². The average Bonchev–Trinajstić information content (AvgIpc) is 2.85. The lowest BCUT2D eigenvalue weighted by molar-refractivity contribution is -0.141. The van der Waals surface area contributed by atoms with E-state index in [1.807, 2.05) is 30.3 Å². The highest BCUT2D eigenvalue weighted by atomic mass is 19.1. The van der Waals surface area contributed by atoms with E-state index in [1.54, 1.807) is 26.0 Å². The summed E-state index contributed by atoms with van der Waals surface area (Å²) in [6.07, 6.45) is 3.06. The molecule has 2 amide bonds. The maximum atomic E-state index is 13.2. The fourth-order valence-electron chi connectivity index (χ4n) is 3.70. The number of carboxylic acid groups (broad SMARTS) is 1. The van der Waals surface area contributed by atoms with Crippen molar-refractivity contribution >= 4 is 17.8 Å². The van der Waals surface area contributed by atoms with Gasteiger partial charge in [-0.15, -0.1) is 0 Å². The summed E-state index contributed by atoms with van der Waals surface area (Å²) < 4.78 is 13.2. The molecule has 0 aliphatic carbocycles. The first kappa shape index (κ1) is 26.5. The lowest BCUT2D eigenvalue weighted by Gasteiger charge is -2.30. The van der Waals surface area contributed by atoms with Gasteiger partial charge in [0.2, 0.25) is 5.91 Å². The van der Waals surface area contributed by atoms with Crippen molar-refractivity contribution in [1.29, 1.82) is 0 Å². The summed E-state index contributed by atoms with van der Waals surface area (Å²) in [5.41, 5.74) is 1.49. The third-order valence-electron chi connectivity index (χ3n) is 5.61. The summed E-state index contributed by atoms with van der Waals surface area (Å²) in [6, 6.07) is 14.2. The molecular formula is C27H29FN4O4. The molecule has 3 N–H and O–H groups in total. The van der Waals surface area contributed by atoms with Crippen molar-refractivity contribution in [2.75, 3.05) is 0 Å². The molecule has 2 atom stereocenters. The third kappa shape index (κ3) is 7.43. The number of aromatic nitrogens is 2. The van der Waals surface area contributed by atoms with Crippen LogP contribution in [0.15, 0.2) is 67.0 Å². The Hall–Kier alpha value is -4.14. The molecule has 0 saturated carbocycles. The zero-order valence-electron chi connectivity index (χ0n) is 20.4. The summed E-state index contributed by atoms with van der Waals surface area (Å²) in [5.74, 6) is -3.49. The highest BCUT2D eigenvalue weighted by molar-refractivity contribution is 5.96. The Morgan fingerprint density at radius 3 is 2.25 bits per heavy atom. The quantitative estimate of drug-likeness (QED) is 0.397. The minimum absolute atomic E-state index is 0.000955. The van der Waals surface area contributed by atoms with Crippen LogP contribution in [-0.2, 0) is 16.0 Å². The summed E-state index contributed by atoms with van der Waals surface area (Å²) in [4.78, 5) is 45.9. The summed E-state index contributed by atoms with van der Waals surface area (Å²) in [6.45, 7) is 5.05. The first-order valence-corrected chi connectivity index (χ1v) is 11.5. The number of hydrogen-bond acceptors (Lipinski definition) is 5. The second kappa shape index (κ2) is 11.5. The van der Waals surface area contributed by atoms with Crippen molar-refractivity contribution in [3.05, 3.63) is 84.1 Å². The first-order valence-electron chi connectivity index (χ1n) is 11.5. The van der Waals surface area contributed by atoms with E-state index in [-0.39, 0.29) is 17.9 Å². The molecule has 8 nitrogen and oxygen atoms in total. The molecule has 2 aromatic carbocycles. The van der Waals surface area contributed by atoms with Gasteiger partial charge in [-0.25, -0.2) is 9.37 Å². The van der Waals surface area contributed by atoms with E-state index in [0.717, 1.165) is 11.1 Å². The van der Waals surface area contributed by atoms with Crippen LogP contribution in [-0.4, -0.2) is 44.4 Å². The number of benzene rings is 2. The van der Waals surface area contributed by atoms with Gasteiger partial charge < -0.3 is 15.7 Å². The second-order valence-corrected chi connectivity index (χ2v) is 9.33. The number of carbonyl (C=O) groups excluding carboxylic acids is 2. The van der Waals surface area contributed by atoms with Gasteiger partial charge in [0.15, 0.2) is 0 Å². The molecule has 3 rings (SSSR count). The number of halogens is 1. The minimum Gasteiger partial charge on any atom is -0.481 e. The van der Waals surface area contributed by atoms with Gasteiger partial charge in [-0.3, -0.25) is 19.4 Å². The van der Waals surface area contributed by atoms with Crippen molar-refractivity contribution in [3.8, 4) is 11.3 Å². The van der Waals surface area contributed by atoms with Gasteiger partial charge in [-0.05, 0) is 44.4 Å². The van der Waals surface area contributed by atoms with E-state index >= 15 is 0 Å². The van der Waals surface area contributed by atoms with E-state index < -0.39 is 35.3 Å². The minimum atomic E-state index is -1.12. The van der Waals surface area contributed by atoms with Crippen LogP contribution < -0.4 is 10.6 Å². The number of carboxylic acids is 1. The van der Waals surface area contributed by atoms with Crippen LogP contribution >= 0.6 is 0 Å². The first-order chi connectivity index (χ1) is 17.0. The highest BCUT2D eigenvalue weighted by Crippen LogP contribution is 2.17. The Morgan fingerprint density at radius 2 is 1.67 bits per heavy atom. The Labute approximate surface area is 209 Å². The Kier molecular flexibility index (Phi) is 8.47. The van der Waals surface area contributed by atoms with Crippen LogP contribution in [0.5, 0.6) is 0 Å². The van der Waals surface area contributed by atoms with Crippen molar-refractivity contribution in [3.63, 3.8) is 0 Å². The van der Waals surface area contributed by atoms with E-state index in [2.05, 4.69) is 20.6 Å². The van der Waals surface area contributed by atoms with E-state index in [9.17, 15) is 23.9 Å². The molecular weight excluding hydrogens is 463 g/mol. The molecule has 0 fully saturated rings. The largest absolute Gasteiger partial charge is 0.481 e. The Morgan fingerprint density at radius 1 is 1.00 bits per heavy atom. The van der Waals surface area contributed by atoms with Gasteiger partial charge in [-0.2, -0.15) is 0 Å². The van der Waals surface area contributed by atoms with Gasteiger partial charge in [-0.1, -0.05) is 49.4 Å². The molecule has 188 valence electrons. The van der Waals surface area contributed by atoms with Gasteiger partial charge in [0, 0.05) is 11.1 Å². The van der Waals surface area contributed by atoms with Crippen LogP contribution in [0.25, 0.3) is 11.3 Å². The maximum Gasteiger partial charge on any atom is 0.306 e. The summed E-state index contributed by atoms with van der Waals surface area (Å²) in [5, 5.41) is 14.8. The second-order valence-electron chi connectivity index (χ2n) is 9.33. The van der Waals surface area contributed by atoms with Gasteiger partial charge in [0.1, 0.15) is 17.6 Å². The molecule has 36 heavy (non-hydrogen) atoms. The number of aliphatic carboxylic acids is 1. The molecule has 0 bridgehead atoms. The summed E-state index contributed by atoms with van der Waals surface area (Å²) >= 11 is 0. The number of nitrogens with zero attached hydrogens (tertiary/aromatic N) is 2. The molecule has 3 aromatic rings. The number of hydrogen-bond donors (Lipinski definition) is 3. The molecule has 0 aliphatic rings. The topological polar surface area (TPSA) is 121 Å². The van der Waals surface area contributed by atoms with Crippen LogP contribution in [0.2, 0.25) is 0 Å². The third-order valence-corrected chi connectivity index (χ3v) is 5.61. The average molecular weight is 493 g/mol. The van der Waals surface area contributed by atoms with Crippen molar-refractivity contribution in [2.45, 2.75) is 45.2 Å². The smallest absolute Gasteiger partial charge is 0.306 e. The fourth-order valence-corrected chi connectivity index (χ4v) is 3.70. The Balaban J connectivity index is 1.72. The zero-order chi connectivity index (χ0) is 26.3. The number of amides is 2. The van der Waals surface area contributed by atoms with Gasteiger partial charge in [0.25, 0.3) is 5.91 Å². The molecule has 1 heterocycles. The normalized spacial score (nSPS) is 12.9. The van der Waals surface area contributed by atoms with Crippen LogP contribution in [0.1, 0.15) is 43.2 Å². The van der Waals surface area contributed by atoms with Crippen LogP contribution in [0.3, 0.4) is 0 Å². The van der Waals surface area contributed by atoms with Gasteiger partial charge >= 0.3 is 5.97 Å².